The Bertz CT molecular complexity index is 1350. The first-order chi connectivity index (χ1) is 16.7. The van der Waals surface area contributed by atoms with Gasteiger partial charge in [0.05, 0.1) is 0 Å². The lowest BCUT2D eigenvalue weighted by atomic mass is 9.88. The van der Waals surface area contributed by atoms with Crippen molar-refractivity contribution in [1.82, 2.24) is 4.98 Å². The number of hydrogen-bond donors (Lipinski definition) is 1. The number of hydrogen-bond acceptors (Lipinski definition) is 5. The Balaban J connectivity index is 1.29. The van der Waals surface area contributed by atoms with Gasteiger partial charge in [0, 0.05) is 46.8 Å². The predicted molar refractivity (Wildman–Crippen MR) is 135 cm³/mol. The minimum Gasteiger partial charge on any atom is -0.489 e. The second-order valence-corrected chi connectivity index (χ2v) is 8.22. The minimum atomic E-state index is -0.223. The molecule has 2 heterocycles. The Labute approximate surface area is 198 Å². The van der Waals surface area contributed by atoms with E-state index in [2.05, 4.69) is 10.3 Å². The van der Waals surface area contributed by atoms with Gasteiger partial charge in [0.1, 0.15) is 18.5 Å². The molecule has 167 valence electrons. The van der Waals surface area contributed by atoms with Crippen molar-refractivity contribution in [2.45, 2.75) is 19.4 Å². The first-order valence-corrected chi connectivity index (χ1v) is 11.3. The number of benzene rings is 3. The highest BCUT2D eigenvalue weighted by Crippen LogP contribution is 2.29. The summed E-state index contributed by atoms with van der Waals surface area (Å²) in [7, 11) is 1.54. The van der Waals surface area contributed by atoms with Crippen LogP contribution in [0.25, 0.3) is 10.8 Å². The van der Waals surface area contributed by atoms with Gasteiger partial charge in [0.2, 0.25) is 0 Å². The zero-order chi connectivity index (χ0) is 23.3. The molecule has 1 aromatic heterocycles. The van der Waals surface area contributed by atoms with Crippen LogP contribution < -0.4 is 14.9 Å². The van der Waals surface area contributed by atoms with Crippen molar-refractivity contribution in [2.75, 3.05) is 16.7 Å². The zero-order valence-electron chi connectivity index (χ0n) is 18.6. The Morgan fingerprint density at radius 3 is 2.91 bits per heavy atom. The molecular weight excluding hydrogens is 425 g/mol. The van der Waals surface area contributed by atoms with Crippen LogP contribution in [0.2, 0.25) is 0 Å². The number of anilines is 2. The maximum Gasteiger partial charge on any atom is 0.328 e. The largest absolute Gasteiger partial charge is 0.489 e. The first kappa shape index (κ1) is 21.7. The molecule has 6 nitrogen and oxygen atoms in total. The van der Waals surface area contributed by atoms with Gasteiger partial charge >= 0.3 is 7.41 Å². The molecule has 7 heteroatoms. The summed E-state index contributed by atoms with van der Waals surface area (Å²) in [5, 5.41) is 5.12. The van der Waals surface area contributed by atoms with E-state index in [-0.39, 0.29) is 5.91 Å². The van der Waals surface area contributed by atoms with Crippen molar-refractivity contribution < 1.29 is 14.3 Å². The topological polar surface area (TPSA) is 71.5 Å². The van der Waals surface area contributed by atoms with Crippen LogP contribution in [0.15, 0.2) is 79.1 Å². The number of fused-ring (bicyclic) bond motifs is 2. The lowest BCUT2D eigenvalue weighted by Gasteiger charge is -2.30. The summed E-state index contributed by atoms with van der Waals surface area (Å²) >= 11 is 0. The molecule has 34 heavy (non-hydrogen) atoms. The van der Waals surface area contributed by atoms with Gasteiger partial charge in [0.15, 0.2) is 0 Å². The van der Waals surface area contributed by atoms with E-state index in [1.807, 2.05) is 59.5 Å². The molecule has 1 aliphatic heterocycles. The molecule has 0 saturated carbocycles. The summed E-state index contributed by atoms with van der Waals surface area (Å²) in [6.45, 7) is 1.14. The van der Waals surface area contributed by atoms with E-state index in [1.54, 1.807) is 24.4 Å². The Morgan fingerprint density at radius 2 is 2.00 bits per heavy atom. The maximum absolute atomic E-state index is 12.9. The number of pyridine rings is 1. The molecule has 1 aliphatic rings. The third-order valence-corrected chi connectivity index (χ3v) is 5.98. The van der Waals surface area contributed by atoms with Gasteiger partial charge < -0.3 is 19.7 Å². The van der Waals surface area contributed by atoms with Crippen molar-refractivity contribution in [3.8, 4) is 5.75 Å². The highest BCUT2D eigenvalue weighted by molar-refractivity contribution is 6.70. The van der Waals surface area contributed by atoms with E-state index < -0.39 is 0 Å². The third kappa shape index (κ3) is 4.64. The Kier molecular flexibility index (Phi) is 6.25. The Morgan fingerprint density at radius 1 is 1.09 bits per heavy atom. The quantitative estimate of drug-likeness (QED) is 0.330. The molecule has 0 atom stereocenters. The number of carbonyl (C=O) groups is 2. The predicted octanol–water partition coefficient (Wildman–Crippen LogP) is 4.63. The summed E-state index contributed by atoms with van der Waals surface area (Å²) in [4.78, 5) is 30.1. The summed E-state index contributed by atoms with van der Waals surface area (Å²) in [5.74, 6) is 0.386. The van der Waals surface area contributed by atoms with E-state index in [9.17, 15) is 9.59 Å². The van der Waals surface area contributed by atoms with Crippen molar-refractivity contribution in [3.05, 3.63) is 95.8 Å². The molecule has 0 bridgehead atoms. The van der Waals surface area contributed by atoms with Crippen LogP contribution in [-0.2, 0) is 17.8 Å². The number of rotatable bonds is 7. The number of carbonyl (C=O) groups excluding carboxylic acids is 2. The summed E-state index contributed by atoms with van der Waals surface area (Å²) in [6, 6.07) is 21.0. The van der Waals surface area contributed by atoms with E-state index in [4.69, 9.17) is 4.74 Å². The van der Waals surface area contributed by atoms with E-state index in [0.29, 0.717) is 23.6 Å². The molecule has 0 spiro atoms. The summed E-state index contributed by atoms with van der Waals surface area (Å²) in [5.41, 5.74) is 4.29. The van der Waals surface area contributed by atoms with E-state index >= 15 is 0 Å². The molecule has 0 unspecified atom stereocenters. The fourth-order valence-corrected chi connectivity index (χ4v) is 4.29. The van der Waals surface area contributed by atoms with Crippen LogP contribution in [0.1, 0.15) is 27.9 Å². The fraction of sp³-hybridized carbons (Fsp3) is 0.148. The zero-order valence-corrected chi connectivity index (χ0v) is 18.6. The standard InChI is InChI=1S/C27H23BN3O3/c32-18-28-31-12-4-7-19-10-11-23(14-26(19)31)30-27(33)20-6-3-8-24(13-20)34-17-22-16-29-15-21-5-1-2-9-25(21)22/h1-3,5-6,8-11,13-16,18H,4,7,12,17H2,(H,30,33). The van der Waals surface area contributed by atoms with Crippen LogP contribution in [0.5, 0.6) is 5.75 Å². The summed E-state index contributed by atoms with van der Waals surface area (Å²) in [6.07, 6.45) is 6.38. The van der Waals surface area contributed by atoms with Gasteiger partial charge in [-0.3, -0.25) is 9.78 Å². The number of aryl methyl sites for hydroxylation is 1. The van der Waals surface area contributed by atoms with Crippen molar-refractivity contribution in [3.63, 3.8) is 0 Å². The average molecular weight is 448 g/mol. The van der Waals surface area contributed by atoms with Gasteiger partial charge in [0.25, 0.3) is 5.91 Å². The molecule has 1 N–H and O–H groups in total. The van der Waals surface area contributed by atoms with Crippen LogP contribution >= 0.6 is 0 Å². The molecule has 0 fully saturated rings. The Hall–Kier alpha value is -4.13. The molecule has 0 aliphatic carbocycles. The number of nitrogens with zero attached hydrogens (tertiary/aromatic N) is 2. The molecule has 1 amide bonds. The van der Waals surface area contributed by atoms with Crippen molar-refractivity contribution in [1.29, 1.82) is 0 Å². The van der Waals surface area contributed by atoms with E-state index in [0.717, 1.165) is 47.6 Å². The maximum atomic E-state index is 12.9. The van der Waals surface area contributed by atoms with Gasteiger partial charge in [-0.2, -0.15) is 0 Å². The number of amides is 1. The lowest BCUT2D eigenvalue weighted by Crippen LogP contribution is -2.33. The SMILES string of the molecule is O=C[B]N1CCCc2ccc(NC(=O)c3cccc(OCc4cncc5ccccc45)c3)cc21. The second kappa shape index (κ2) is 9.79. The van der Waals surface area contributed by atoms with Gasteiger partial charge in [-0.25, -0.2) is 0 Å². The first-order valence-electron chi connectivity index (χ1n) is 11.3. The van der Waals surface area contributed by atoms with E-state index in [1.165, 1.54) is 13.0 Å². The molecule has 0 saturated heterocycles. The van der Waals surface area contributed by atoms with Crippen LogP contribution in [0, 0.1) is 0 Å². The van der Waals surface area contributed by atoms with Crippen LogP contribution in [0.3, 0.4) is 0 Å². The highest BCUT2D eigenvalue weighted by Gasteiger charge is 2.18. The molecule has 4 aromatic rings. The molecule has 1 radical (unpaired) electrons. The number of aromatic nitrogens is 1. The molecular formula is C27H23BN3O3. The number of nitrogens with one attached hydrogen (secondary N) is 1. The monoisotopic (exact) mass is 448 g/mol. The average Bonchev–Trinajstić information content (AvgIpc) is 2.88. The molecule has 5 rings (SSSR count). The highest BCUT2D eigenvalue weighted by atomic mass is 16.5. The smallest absolute Gasteiger partial charge is 0.328 e. The van der Waals surface area contributed by atoms with Crippen LogP contribution in [0.4, 0.5) is 11.4 Å². The van der Waals surface area contributed by atoms with Crippen LogP contribution in [-0.4, -0.2) is 31.0 Å². The van der Waals surface area contributed by atoms with Gasteiger partial charge in [-0.1, -0.05) is 36.4 Å². The summed E-state index contributed by atoms with van der Waals surface area (Å²) < 4.78 is 5.99. The third-order valence-electron chi connectivity index (χ3n) is 5.98. The second-order valence-electron chi connectivity index (χ2n) is 8.22. The fourth-order valence-electron chi connectivity index (χ4n) is 4.29. The molecule has 3 aromatic carbocycles. The lowest BCUT2D eigenvalue weighted by molar-refractivity contribution is 0.102. The van der Waals surface area contributed by atoms with Gasteiger partial charge in [-0.05, 0) is 54.1 Å². The van der Waals surface area contributed by atoms with Crippen molar-refractivity contribution >= 4 is 41.7 Å². The normalized spacial score (nSPS) is 12.6. The number of ether oxygens (including phenoxy) is 1. The minimum absolute atomic E-state index is 0.223. The van der Waals surface area contributed by atoms with Gasteiger partial charge in [-0.15, -0.1) is 0 Å². The van der Waals surface area contributed by atoms with Crippen molar-refractivity contribution in [2.24, 2.45) is 0 Å².